The molecule has 3 rings (SSSR count). The standard InChI is InChI=1S/C14H17N3OS/c18-14(10-13-5-2-9-19-13)17-8-1-4-12(17)11-16-7-3-6-15-16/h2-3,5-7,9,12H,1,4,8,10-11H2/t12-/m0/s1. The lowest BCUT2D eigenvalue weighted by atomic mass is 10.2. The Kier molecular flexibility index (Phi) is 3.64. The van der Waals surface area contributed by atoms with Crippen LogP contribution < -0.4 is 0 Å². The van der Waals surface area contributed by atoms with E-state index < -0.39 is 0 Å². The van der Waals surface area contributed by atoms with Crippen LogP contribution in [-0.2, 0) is 17.8 Å². The minimum atomic E-state index is 0.247. The number of carbonyl (C=O) groups is 1. The van der Waals surface area contributed by atoms with Gasteiger partial charge in [0.15, 0.2) is 0 Å². The lowest BCUT2D eigenvalue weighted by Crippen LogP contribution is -2.38. The Labute approximate surface area is 116 Å². The van der Waals surface area contributed by atoms with Gasteiger partial charge in [-0.3, -0.25) is 9.48 Å². The number of amides is 1. The van der Waals surface area contributed by atoms with Gasteiger partial charge in [0.25, 0.3) is 0 Å². The molecule has 1 aliphatic heterocycles. The van der Waals surface area contributed by atoms with Crippen molar-refractivity contribution in [3.63, 3.8) is 0 Å². The Morgan fingerprint density at radius 2 is 2.42 bits per heavy atom. The third kappa shape index (κ3) is 2.87. The van der Waals surface area contributed by atoms with E-state index in [9.17, 15) is 4.79 Å². The molecule has 0 aliphatic carbocycles. The van der Waals surface area contributed by atoms with Crippen molar-refractivity contribution >= 4 is 17.2 Å². The summed E-state index contributed by atoms with van der Waals surface area (Å²) in [6.07, 6.45) is 6.46. The fraction of sp³-hybridized carbons (Fsp3) is 0.429. The summed E-state index contributed by atoms with van der Waals surface area (Å²) in [5, 5.41) is 6.25. The fourth-order valence-electron chi connectivity index (χ4n) is 2.64. The highest BCUT2D eigenvalue weighted by atomic mass is 32.1. The molecule has 19 heavy (non-hydrogen) atoms. The van der Waals surface area contributed by atoms with Gasteiger partial charge in [-0.1, -0.05) is 6.07 Å². The number of hydrogen-bond donors (Lipinski definition) is 0. The van der Waals surface area contributed by atoms with Crippen molar-refractivity contribution in [3.8, 4) is 0 Å². The second-order valence-corrected chi connectivity index (χ2v) is 5.90. The molecule has 0 bridgehead atoms. The second-order valence-electron chi connectivity index (χ2n) is 4.87. The van der Waals surface area contributed by atoms with Crippen LogP contribution in [0.3, 0.4) is 0 Å². The first-order valence-electron chi connectivity index (χ1n) is 6.62. The Balaban J connectivity index is 1.64. The molecule has 5 heteroatoms. The fourth-order valence-corrected chi connectivity index (χ4v) is 3.34. The Bertz CT molecular complexity index is 521. The SMILES string of the molecule is O=C(Cc1cccs1)N1CCC[C@H]1Cn1cccn1. The van der Waals surface area contributed by atoms with Gasteiger partial charge in [0.1, 0.15) is 0 Å². The summed E-state index contributed by atoms with van der Waals surface area (Å²) in [6, 6.07) is 6.25. The molecule has 0 N–H and O–H groups in total. The van der Waals surface area contributed by atoms with E-state index in [0.29, 0.717) is 12.5 Å². The van der Waals surface area contributed by atoms with Crippen LogP contribution in [0, 0.1) is 0 Å². The van der Waals surface area contributed by atoms with Crippen LogP contribution in [0.1, 0.15) is 17.7 Å². The maximum Gasteiger partial charge on any atom is 0.228 e. The summed E-state index contributed by atoms with van der Waals surface area (Å²) in [5.41, 5.74) is 0. The molecule has 1 amide bonds. The van der Waals surface area contributed by atoms with Crippen molar-refractivity contribution in [1.82, 2.24) is 14.7 Å². The van der Waals surface area contributed by atoms with Gasteiger partial charge in [-0.25, -0.2) is 0 Å². The van der Waals surface area contributed by atoms with Crippen molar-refractivity contribution < 1.29 is 4.79 Å². The third-order valence-corrected chi connectivity index (χ3v) is 4.44. The maximum absolute atomic E-state index is 12.4. The maximum atomic E-state index is 12.4. The van der Waals surface area contributed by atoms with E-state index in [1.54, 1.807) is 17.5 Å². The zero-order chi connectivity index (χ0) is 13.1. The molecule has 100 valence electrons. The van der Waals surface area contributed by atoms with E-state index >= 15 is 0 Å². The van der Waals surface area contributed by atoms with Gasteiger partial charge in [-0.05, 0) is 30.4 Å². The monoisotopic (exact) mass is 275 g/mol. The number of carbonyl (C=O) groups excluding carboxylic acids is 1. The molecule has 0 spiro atoms. The number of nitrogens with zero attached hydrogens (tertiary/aromatic N) is 3. The molecular formula is C14H17N3OS. The summed E-state index contributed by atoms with van der Waals surface area (Å²) in [7, 11) is 0. The van der Waals surface area contributed by atoms with Crippen molar-refractivity contribution in [1.29, 1.82) is 0 Å². The van der Waals surface area contributed by atoms with Gasteiger partial charge < -0.3 is 4.90 Å². The number of rotatable bonds is 4. The number of aromatic nitrogens is 2. The molecule has 1 saturated heterocycles. The molecule has 3 heterocycles. The molecule has 1 atom stereocenters. The summed E-state index contributed by atoms with van der Waals surface area (Å²) in [6.45, 7) is 1.69. The molecule has 1 aliphatic rings. The topological polar surface area (TPSA) is 38.1 Å². The van der Waals surface area contributed by atoms with Crippen LogP contribution in [0.15, 0.2) is 36.0 Å². The second kappa shape index (κ2) is 5.57. The average Bonchev–Trinajstić information content (AvgIpc) is 3.10. The largest absolute Gasteiger partial charge is 0.338 e. The summed E-state index contributed by atoms with van der Waals surface area (Å²) >= 11 is 1.65. The minimum Gasteiger partial charge on any atom is -0.338 e. The normalized spacial score (nSPS) is 18.9. The molecule has 1 fully saturated rings. The molecular weight excluding hydrogens is 258 g/mol. The first kappa shape index (κ1) is 12.4. The lowest BCUT2D eigenvalue weighted by Gasteiger charge is -2.24. The molecule has 4 nitrogen and oxygen atoms in total. The zero-order valence-electron chi connectivity index (χ0n) is 10.7. The van der Waals surface area contributed by atoms with E-state index in [0.717, 1.165) is 30.8 Å². The van der Waals surface area contributed by atoms with E-state index in [4.69, 9.17) is 0 Å². The lowest BCUT2D eigenvalue weighted by molar-refractivity contribution is -0.131. The summed E-state index contributed by atoms with van der Waals surface area (Å²) < 4.78 is 1.92. The number of hydrogen-bond acceptors (Lipinski definition) is 3. The highest BCUT2D eigenvalue weighted by Crippen LogP contribution is 2.21. The van der Waals surface area contributed by atoms with Crippen molar-refractivity contribution in [2.24, 2.45) is 0 Å². The Morgan fingerprint density at radius 1 is 1.47 bits per heavy atom. The summed E-state index contributed by atoms with van der Waals surface area (Å²) in [4.78, 5) is 15.5. The van der Waals surface area contributed by atoms with E-state index in [1.165, 1.54) is 0 Å². The smallest absolute Gasteiger partial charge is 0.228 e. The molecule has 2 aromatic rings. The van der Waals surface area contributed by atoms with Crippen LogP contribution >= 0.6 is 11.3 Å². The third-order valence-electron chi connectivity index (χ3n) is 3.56. The van der Waals surface area contributed by atoms with Gasteiger partial charge in [0.05, 0.1) is 19.0 Å². The molecule has 0 aromatic carbocycles. The van der Waals surface area contributed by atoms with E-state index in [2.05, 4.69) is 5.10 Å². The summed E-state index contributed by atoms with van der Waals surface area (Å²) in [5.74, 6) is 0.247. The predicted molar refractivity (Wildman–Crippen MR) is 75.0 cm³/mol. The highest BCUT2D eigenvalue weighted by molar-refractivity contribution is 7.10. The van der Waals surface area contributed by atoms with E-state index in [-0.39, 0.29) is 5.91 Å². The van der Waals surface area contributed by atoms with Gasteiger partial charge in [-0.15, -0.1) is 11.3 Å². The average molecular weight is 275 g/mol. The minimum absolute atomic E-state index is 0.247. The zero-order valence-corrected chi connectivity index (χ0v) is 11.6. The van der Waals surface area contributed by atoms with Gasteiger partial charge in [0, 0.05) is 23.8 Å². The van der Waals surface area contributed by atoms with Crippen LogP contribution in [0.5, 0.6) is 0 Å². The van der Waals surface area contributed by atoms with Crippen molar-refractivity contribution in [2.45, 2.75) is 31.8 Å². The van der Waals surface area contributed by atoms with Crippen LogP contribution in [0.2, 0.25) is 0 Å². The molecule has 0 radical (unpaired) electrons. The molecule has 2 aromatic heterocycles. The predicted octanol–water partition coefficient (Wildman–Crippen LogP) is 2.18. The van der Waals surface area contributed by atoms with Crippen molar-refractivity contribution in [2.75, 3.05) is 6.54 Å². The Hall–Kier alpha value is -1.62. The van der Waals surface area contributed by atoms with Crippen molar-refractivity contribution in [3.05, 3.63) is 40.8 Å². The van der Waals surface area contributed by atoms with E-state index in [1.807, 2.05) is 39.4 Å². The molecule has 0 saturated carbocycles. The number of likely N-dealkylation sites (tertiary alicyclic amines) is 1. The Morgan fingerprint density at radius 3 is 3.16 bits per heavy atom. The molecule has 0 unspecified atom stereocenters. The van der Waals surface area contributed by atoms with Crippen LogP contribution in [-0.4, -0.2) is 33.2 Å². The first-order chi connectivity index (χ1) is 9.33. The van der Waals surface area contributed by atoms with Crippen LogP contribution in [0.25, 0.3) is 0 Å². The van der Waals surface area contributed by atoms with Gasteiger partial charge in [-0.2, -0.15) is 5.10 Å². The van der Waals surface area contributed by atoms with Gasteiger partial charge >= 0.3 is 0 Å². The quantitative estimate of drug-likeness (QED) is 0.858. The van der Waals surface area contributed by atoms with Gasteiger partial charge in [0.2, 0.25) is 5.91 Å². The number of thiophene rings is 1. The van der Waals surface area contributed by atoms with Crippen LogP contribution in [0.4, 0.5) is 0 Å². The highest BCUT2D eigenvalue weighted by Gasteiger charge is 2.28. The first-order valence-corrected chi connectivity index (χ1v) is 7.50.